The molecule has 0 fully saturated rings. The number of hydrogen-bond donors (Lipinski definition) is 4. The zero-order valence-corrected chi connectivity index (χ0v) is 18.7. The molecule has 0 bridgehead atoms. The minimum absolute atomic E-state index is 0.0891. The van der Waals surface area contributed by atoms with Gasteiger partial charge in [0.15, 0.2) is 0 Å². The van der Waals surface area contributed by atoms with E-state index in [1.54, 1.807) is 66.7 Å². The van der Waals surface area contributed by atoms with Gasteiger partial charge in [-0.1, -0.05) is 78.9 Å². The fraction of sp³-hybridized carbons (Fsp3) is 0. The third-order valence-electron chi connectivity index (χ3n) is 5.20. The first-order valence-corrected chi connectivity index (χ1v) is 10.5. The molecule has 0 aromatic heterocycles. The van der Waals surface area contributed by atoms with Crippen molar-refractivity contribution < 1.29 is 39.6 Å². The van der Waals surface area contributed by atoms with Crippen LogP contribution < -0.4 is 0 Å². The molecule has 0 heterocycles. The van der Waals surface area contributed by atoms with Crippen molar-refractivity contribution in [3.8, 4) is 22.3 Å². The van der Waals surface area contributed by atoms with Gasteiger partial charge in [-0.15, -0.1) is 0 Å². The molecule has 4 aromatic rings. The van der Waals surface area contributed by atoms with E-state index in [0.717, 1.165) is 0 Å². The third kappa shape index (κ3) is 5.63. The van der Waals surface area contributed by atoms with Crippen LogP contribution in [0, 0.1) is 0 Å². The van der Waals surface area contributed by atoms with E-state index < -0.39 is 23.9 Å². The van der Waals surface area contributed by atoms with Gasteiger partial charge in [0.1, 0.15) is 0 Å². The van der Waals surface area contributed by atoms with Gasteiger partial charge in [-0.25, -0.2) is 19.2 Å². The average molecular weight is 484 g/mol. The highest BCUT2D eigenvalue weighted by molar-refractivity contribution is 6.06. The molecule has 0 aliphatic heterocycles. The highest BCUT2D eigenvalue weighted by Crippen LogP contribution is 2.28. The van der Waals surface area contributed by atoms with Crippen molar-refractivity contribution in [3.63, 3.8) is 0 Å². The minimum Gasteiger partial charge on any atom is -0.478 e. The number of rotatable bonds is 6. The summed E-state index contributed by atoms with van der Waals surface area (Å²) in [5.41, 5.74) is 1.68. The Labute approximate surface area is 205 Å². The van der Waals surface area contributed by atoms with E-state index in [0.29, 0.717) is 22.3 Å². The fourth-order valence-electron chi connectivity index (χ4n) is 3.63. The molecule has 0 saturated heterocycles. The number of hydrogen-bond acceptors (Lipinski definition) is 4. The molecule has 36 heavy (non-hydrogen) atoms. The first-order valence-electron chi connectivity index (χ1n) is 10.5. The Bertz CT molecular complexity index is 1390. The molecule has 180 valence electrons. The molecule has 0 saturated carbocycles. The Morgan fingerprint density at radius 1 is 0.389 bits per heavy atom. The topological polar surface area (TPSA) is 149 Å². The van der Waals surface area contributed by atoms with Gasteiger partial charge < -0.3 is 20.4 Å². The van der Waals surface area contributed by atoms with Crippen molar-refractivity contribution in [2.24, 2.45) is 0 Å². The molecule has 0 radical (unpaired) electrons. The van der Waals surface area contributed by atoms with Crippen LogP contribution in [0.25, 0.3) is 22.3 Å². The lowest BCUT2D eigenvalue weighted by Crippen LogP contribution is -2.09. The summed E-state index contributed by atoms with van der Waals surface area (Å²) >= 11 is 0. The van der Waals surface area contributed by atoms with Crippen LogP contribution in [0.1, 0.15) is 41.4 Å². The molecule has 8 heteroatoms. The van der Waals surface area contributed by atoms with Crippen molar-refractivity contribution in [1.29, 1.82) is 0 Å². The second-order valence-corrected chi connectivity index (χ2v) is 7.41. The van der Waals surface area contributed by atoms with Gasteiger partial charge >= 0.3 is 23.9 Å². The van der Waals surface area contributed by atoms with Crippen LogP contribution in [0.5, 0.6) is 0 Å². The predicted molar refractivity (Wildman–Crippen MR) is 132 cm³/mol. The molecule has 4 aromatic carbocycles. The van der Waals surface area contributed by atoms with Crippen LogP contribution in [-0.2, 0) is 0 Å². The molecule has 0 atom stereocenters. The number of benzene rings is 4. The molecule has 8 nitrogen and oxygen atoms in total. The summed E-state index contributed by atoms with van der Waals surface area (Å²) < 4.78 is 0. The van der Waals surface area contributed by atoms with Crippen molar-refractivity contribution in [1.82, 2.24) is 0 Å². The van der Waals surface area contributed by atoms with E-state index in [-0.39, 0.29) is 22.3 Å². The second-order valence-electron chi connectivity index (χ2n) is 7.41. The van der Waals surface area contributed by atoms with E-state index in [2.05, 4.69) is 0 Å². The summed E-state index contributed by atoms with van der Waals surface area (Å²) in [4.78, 5) is 44.6. The van der Waals surface area contributed by atoms with Gasteiger partial charge in [0, 0.05) is 0 Å². The van der Waals surface area contributed by atoms with Crippen molar-refractivity contribution in [2.45, 2.75) is 0 Å². The molecule has 0 unspecified atom stereocenters. The van der Waals surface area contributed by atoms with Gasteiger partial charge in [-0.2, -0.15) is 0 Å². The maximum atomic E-state index is 11.3. The maximum Gasteiger partial charge on any atom is 0.337 e. The highest BCUT2D eigenvalue weighted by Gasteiger charge is 2.20. The smallest absolute Gasteiger partial charge is 0.337 e. The summed E-state index contributed by atoms with van der Waals surface area (Å²) in [6.07, 6.45) is 0. The lowest BCUT2D eigenvalue weighted by Gasteiger charge is -2.08. The summed E-state index contributed by atoms with van der Waals surface area (Å²) in [6.45, 7) is 0. The molecule has 0 aliphatic carbocycles. The lowest BCUT2D eigenvalue weighted by molar-refractivity contribution is 0.0652. The quantitative estimate of drug-likeness (QED) is 0.280. The van der Waals surface area contributed by atoms with E-state index in [9.17, 15) is 24.3 Å². The first kappa shape index (κ1) is 25.4. The molecule has 4 N–H and O–H groups in total. The summed E-state index contributed by atoms with van der Waals surface area (Å²) in [5.74, 6) is -4.64. The molecular weight excluding hydrogens is 464 g/mol. The van der Waals surface area contributed by atoms with Gasteiger partial charge in [0.25, 0.3) is 0 Å². The zero-order valence-electron chi connectivity index (χ0n) is 18.7. The Hall–Kier alpha value is -5.24. The fourth-order valence-corrected chi connectivity index (χ4v) is 3.63. The molecule has 0 spiro atoms. The molecular formula is C28H20O8. The summed E-state index contributed by atoms with van der Waals surface area (Å²) in [6, 6.07) is 26.0. The maximum absolute atomic E-state index is 11.3. The number of carbonyl (C=O) groups is 4. The highest BCUT2D eigenvalue weighted by atomic mass is 16.4. The van der Waals surface area contributed by atoms with E-state index in [1.807, 2.05) is 6.07 Å². The number of aromatic carboxylic acids is 4. The summed E-state index contributed by atoms with van der Waals surface area (Å²) in [7, 11) is 0. The second kappa shape index (κ2) is 11.3. The van der Waals surface area contributed by atoms with Gasteiger partial charge in [-0.05, 0) is 40.5 Å². The molecule has 4 rings (SSSR count). The average Bonchev–Trinajstić information content (AvgIpc) is 2.89. The monoisotopic (exact) mass is 484 g/mol. The molecule has 0 aliphatic rings. The molecule has 0 amide bonds. The Balaban J connectivity index is 0.000000201. The predicted octanol–water partition coefficient (Wildman–Crippen LogP) is 5.50. The van der Waals surface area contributed by atoms with Crippen LogP contribution in [0.3, 0.4) is 0 Å². The van der Waals surface area contributed by atoms with E-state index >= 15 is 0 Å². The first-order chi connectivity index (χ1) is 17.2. The van der Waals surface area contributed by atoms with Crippen molar-refractivity contribution >= 4 is 23.9 Å². The SMILES string of the molecule is O=C(O)c1cccc(-c2ccccc2)c1C(=O)O.O=C(O)c1ccccc1-c1ccccc1C(=O)O. The number of carboxylic acid groups (broad SMARTS) is 4. The van der Waals surface area contributed by atoms with Crippen LogP contribution in [0.4, 0.5) is 0 Å². The van der Waals surface area contributed by atoms with Crippen molar-refractivity contribution in [3.05, 3.63) is 119 Å². The van der Waals surface area contributed by atoms with Crippen LogP contribution in [-0.4, -0.2) is 44.3 Å². The van der Waals surface area contributed by atoms with Crippen LogP contribution >= 0.6 is 0 Å². The largest absolute Gasteiger partial charge is 0.478 e. The summed E-state index contributed by atoms with van der Waals surface area (Å²) in [5, 5.41) is 36.4. The third-order valence-corrected chi connectivity index (χ3v) is 5.20. The Kier molecular flexibility index (Phi) is 7.94. The van der Waals surface area contributed by atoms with Gasteiger partial charge in [0.05, 0.1) is 22.3 Å². The zero-order chi connectivity index (χ0) is 26.2. The Morgan fingerprint density at radius 3 is 1.22 bits per heavy atom. The van der Waals surface area contributed by atoms with Gasteiger partial charge in [-0.3, -0.25) is 0 Å². The van der Waals surface area contributed by atoms with Crippen LogP contribution in [0.2, 0.25) is 0 Å². The minimum atomic E-state index is -1.25. The standard InChI is InChI=1S/2C14H10O4/c15-13(16)11-7-3-1-5-9(11)10-6-2-4-8-12(10)14(17)18;15-13(16)11-8-4-7-10(12(11)14(17)18)9-5-2-1-3-6-9/h2*1-8H,(H,15,16)(H,17,18). The van der Waals surface area contributed by atoms with E-state index in [4.69, 9.17) is 15.3 Å². The normalized spacial score (nSPS) is 10.0. The van der Waals surface area contributed by atoms with Gasteiger partial charge in [0.2, 0.25) is 0 Å². The lowest BCUT2D eigenvalue weighted by atomic mass is 9.95. The van der Waals surface area contributed by atoms with Crippen molar-refractivity contribution in [2.75, 3.05) is 0 Å². The Morgan fingerprint density at radius 2 is 0.778 bits per heavy atom. The van der Waals surface area contributed by atoms with E-state index in [1.165, 1.54) is 24.3 Å². The van der Waals surface area contributed by atoms with Crippen LogP contribution in [0.15, 0.2) is 97.1 Å². The number of carboxylic acids is 4.